The van der Waals surface area contributed by atoms with Crippen molar-refractivity contribution < 1.29 is 9.53 Å². The second kappa shape index (κ2) is 5.21. The molecule has 0 radical (unpaired) electrons. The Morgan fingerprint density at radius 3 is 3.00 bits per heavy atom. The van der Waals surface area contributed by atoms with Crippen molar-refractivity contribution in [2.45, 2.75) is 19.8 Å². The van der Waals surface area contributed by atoms with E-state index in [4.69, 9.17) is 5.73 Å². The van der Waals surface area contributed by atoms with Gasteiger partial charge in [0.05, 0.1) is 18.0 Å². The maximum absolute atomic E-state index is 9.93. The molecule has 0 amide bonds. The summed E-state index contributed by atoms with van der Waals surface area (Å²) < 4.78 is 4.59. The molecule has 0 aromatic carbocycles. The molecule has 1 aromatic heterocycles. The fourth-order valence-electron chi connectivity index (χ4n) is 1.16. The molecule has 0 atom stereocenters. The normalized spacial score (nSPS) is 9.79. The Bertz CT molecular complexity index is 313. The zero-order valence-electron chi connectivity index (χ0n) is 8.19. The third kappa shape index (κ3) is 2.73. The van der Waals surface area contributed by atoms with Crippen LogP contribution in [0.25, 0.3) is 0 Å². The number of ether oxygens (including phenoxy) is 1. The lowest BCUT2D eigenvalue weighted by Gasteiger charge is -2.05. The average Bonchev–Trinajstić information content (AvgIpc) is 2.21. The zero-order valence-corrected chi connectivity index (χ0v) is 8.19. The lowest BCUT2D eigenvalue weighted by atomic mass is 10.2. The maximum Gasteiger partial charge on any atom is 0.293 e. The largest absolute Gasteiger partial charge is 0.467 e. The van der Waals surface area contributed by atoms with E-state index in [1.54, 1.807) is 0 Å². The van der Waals surface area contributed by atoms with Gasteiger partial charge in [0.2, 0.25) is 0 Å². The van der Waals surface area contributed by atoms with Crippen LogP contribution in [0, 0.1) is 0 Å². The van der Waals surface area contributed by atoms with Crippen LogP contribution >= 0.6 is 0 Å². The van der Waals surface area contributed by atoms with E-state index in [1.807, 2.05) is 19.1 Å². The molecule has 0 unspecified atom stereocenters. The number of anilines is 1. The molecule has 0 bridgehead atoms. The quantitative estimate of drug-likeness (QED) is 0.559. The van der Waals surface area contributed by atoms with Crippen LogP contribution in [0.5, 0.6) is 0 Å². The van der Waals surface area contributed by atoms with E-state index in [0.29, 0.717) is 25.2 Å². The van der Waals surface area contributed by atoms with Crippen LogP contribution in [0.15, 0.2) is 12.1 Å². The lowest BCUT2D eigenvalue weighted by Crippen LogP contribution is -2.04. The van der Waals surface area contributed by atoms with Crippen LogP contribution in [-0.2, 0) is 22.4 Å². The van der Waals surface area contributed by atoms with Crippen LogP contribution in [0.4, 0.5) is 5.69 Å². The molecule has 0 spiro atoms. The van der Waals surface area contributed by atoms with Gasteiger partial charge in [-0.25, -0.2) is 0 Å². The molecule has 0 aliphatic heterocycles. The van der Waals surface area contributed by atoms with E-state index in [9.17, 15) is 4.79 Å². The summed E-state index contributed by atoms with van der Waals surface area (Å²) in [5.41, 5.74) is 8.17. The van der Waals surface area contributed by atoms with Gasteiger partial charge in [-0.05, 0) is 18.6 Å². The van der Waals surface area contributed by atoms with Crippen molar-refractivity contribution in [3.63, 3.8) is 0 Å². The molecule has 0 aliphatic carbocycles. The first-order valence-corrected chi connectivity index (χ1v) is 4.57. The van der Waals surface area contributed by atoms with Gasteiger partial charge in [-0.1, -0.05) is 6.92 Å². The molecule has 1 rings (SSSR count). The highest BCUT2D eigenvalue weighted by Crippen LogP contribution is 2.10. The molecular weight excluding hydrogens is 180 g/mol. The zero-order chi connectivity index (χ0) is 10.4. The Morgan fingerprint density at radius 1 is 1.57 bits per heavy atom. The van der Waals surface area contributed by atoms with Crippen molar-refractivity contribution in [1.82, 2.24) is 4.98 Å². The number of hydrogen-bond acceptors (Lipinski definition) is 4. The SMILES string of the molecule is CCc1ccc(N)c(CCOC=O)n1. The first-order valence-electron chi connectivity index (χ1n) is 4.57. The highest BCUT2D eigenvalue weighted by Gasteiger charge is 2.02. The molecular formula is C10H14N2O2. The Balaban J connectivity index is 2.68. The summed E-state index contributed by atoms with van der Waals surface area (Å²) in [6, 6.07) is 3.74. The predicted octanol–water partition coefficient (Wildman–Crippen LogP) is 0.942. The number of nitrogens with zero attached hydrogens (tertiary/aromatic N) is 1. The van der Waals surface area contributed by atoms with Gasteiger partial charge >= 0.3 is 0 Å². The number of aromatic nitrogens is 1. The fraction of sp³-hybridized carbons (Fsp3) is 0.400. The Labute approximate surface area is 83.1 Å². The van der Waals surface area contributed by atoms with E-state index in [1.165, 1.54) is 0 Å². The summed E-state index contributed by atoms with van der Waals surface area (Å²) in [5.74, 6) is 0. The van der Waals surface area contributed by atoms with Gasteiger partial charge in [0.1, 0.15) is 0 Å². The predicted molar refractivity (Wildman–Crippen MR) is 53.7 cm³/mol. The summed E-state index contributed by atoms with van der Waals surface area (Å²) in [6.45, 7) is 2.79. The minimum absolute atomic E-state index is 0.327. The van der Waals surface area contributed by atoms with Gasteiger partial charge in [0, 0.05) is 12.1 Å². The Kier molecular flexibility index (Phi) is 3.91. The van der Waals surface area contributed by atoms with Crippen LogP contribution in [0.3, 0.4) is 0 Å². The number of carbonyl (C=O) groups is 1. The van der Waals surface area contributed by atoms with Gasteiger partial charge in [0.15, 0.2) is 0 Å². The van der Waals surface area contributed by atoms with Gasteiger partial charge in [-0.2, -0.15) is 0 Å². The van der Waals surface area contributed by atoms with E-state index < -0.39 is 0 Å². The molecule has 0 saturated carbocycles. The lowest BCUT2D eigenvalue weighted by molar-refractivity contribution is -0.128. The minimum Gasteiger partial charge on any atom is -0.467 e. The van der Waals surface area contributed by atoms with Crippen LogP contribution in [0.2, 0.25) is 0 Å². The molecule has 14 heavy (non-hydrogen) atoms. The van der Waals surface area contributed by atoms with Crippen molar-refractivity contribution in [2.75, 3.05) is 12.3 Å². The molecule has 1 heterocycles. The second-order valence-electron chi connectivity index (χ2n) is 2.91. The summed E-state index contributed by atoms with van der Waals surface area (Å²) >= 11 is 0. The summed E-state index contributed by atoms with van der Waals surface area (Å²) in [5, 5.41) is 0. The van der Waals surface area contributed by atoms with Crippen molar-refractivity contribution in [3.8, 4) is 0 Å². The molecule has 2 N–H and O–H groups in total. The number of carbonyl (C=O) groups excluding carboxylic acids is 1. The fourth-order valence-corrected chi connectivity index (χ4v) is 1.16. The van der Waals surface area contributed by atoms with Crippen LogP contribution < -0.4 is 5.73 Å². The van der Waals surface area contributed by atoms with E-state index >= 15 is 0 Å². The topological polar surface area (TPSA) is 65.2 Å². The van der Waals surface area contributed by atoms with Crippen LogP contribution in [0.1, 0.15) is 18.3 Å². The van der Waals surface area contributed by atoms with Gasteiger partial charge in [-0.15, -0.1) is 0 Å². The Hall–Kier alpha value is -1.58. The summed E-state index contributed by atoms with van der Waals surface area (Å²) in [4.78, 5) is 14.3. The van der Waals surface area contributed by atoms with E-state index in [2.05, 4.69) is 9.72 Å². The molecule has 0 saturated heterocycles. The molecule has 4 nitrogen and oxygen atoms in total. The maximum atomic E-state index is 9.93. The number of nitrogen functional groups attached to an aromatic ring is 1. The highest BCUT2D eigenvalue weighted by molar-refractivity contribution is 5.43. The third-order valence-electron chi connectivity index (χ3n) is 1.95. The highest BCUT2D eigenvalue weighted by atomic mass is 16.5. The first-order chi connectivity index (χ1) is 6.77. The first kappa shape index (κ1) is 10.5. The van der Waals surface area contributed by atoms with E-state index in [-0.39, 0.29) is 0 Å². The monoisotopic (exact) mass is 194 g/mol. The van der Waals surface area contributed by atoms with Crippen molar-refractivity contribution in [1.29, 1.82) is 0 Å². The second-order valence-corrected chi connectivity index (χ2v) is 2.91. The molecule has 76 valence electrons. The smallest absolute Gasteiger partial charge is 0.293 e. The standard InChI is InChI=1S/C10H14N2O2/c1-2-8-3-4-9(11)10(12-8)5-6-14-7-13/h3-4,7H,2,5-6,11H2,1H3. The third-order valence-corrected chi connectivity index (χ3v) is 1.95. The number of pyridine rings is 1. The van der Waals surface area contributed by atoms with Crippen molar-refractivity contribution >= 4 is 12.2 Å². The van der Waals surface area contributed by atoms with E-state index in [0.717, 1.165) is 17.8 Å². The van der Waals surface area contributed by atoms with Gasteiger partial charge in [-0.3, -0.25) is 9.78 Å². The molecule has 0 fully saturated rings. The van der Waals surface area contributed by atoms with Crippen molar-refractivity contribution in [3.05, 3.63) is 23.5 Å². The summed E-state index contributed by atoms with van der Waals surface area (Å²) in [6.07, 6.45) is 1.44. The van der Waals surface area contributed by atoms with Crippen LogP contribution in [-0.4, -0.2) is 18.1 Å². The molecule has 1 aromatic rings. The van der Waals surface area contributed by atoms with Crippen molar-refractivity contribution in [2.24, 2.45) is 0 Å². The summed E-state index contributed by atoms with van der Waals surface area (Å²) in [7, 11) is 0. The van der Waals surface area contributed by atoms with Gasteiger partial charge in [0.25, 0.3) is 6.47 Å². The average molecular weight is 194 g/mol. The number of rotatable bonds is 5. The minimum atomic E-state index is 0.327. The molecule has 4 heteroatoms. The van der Waals surface area contributed by atoms with Gasteiger partial charge < -0.3 is 10.5 Å². The molecule has 0 aliphatic rings. The number of nitrogens with two attached hydrogens (primary N) is 1. The Morgan fingerprint density at radius 2 is 2.36 bits per heavy atom. The number of aryl methyl sites for hydroxylation is 1. The number of hydrogen-bond donors (Lipinski definition) is 1.